The number of nitrogens with one attached hydrogen (secondary N) is 1. The second-order valence-electron chi connectivity index (χ2n) is 6.20. The first-order valence-electron chi connectivity index (χ1n) is 7.85. The van der Waals surface area contributed by atoms with Crippen LogP contribution in [0.2, 0.25) is 0 Å². The minimum Gasteiger partial charge on any atom is -0.395 e. The van der Waals surface area contributed by atoms with Crippen LogP contribution in [-0.2, 0) is 4.79 Å². The van der Waals surface area contributed by atoms with Gasteiger partial charge in [-0.15, -0.1) is 0 Å². The van der Waals surface area contributed by atoms with Gasteiger partial charge in [0.05, 0.1) is 6.61 Å². The molecule has 110 valence electrons. The highest BCUT2D eigenvalue weighted by Gasteiger charge is 2.30. The molecule has 2 atom stereocenters. The van der Waals surface area contributed by atoms with Crippen LogP contribution < -0.4 is 5.32 Å². The Morgan fingerprint density at radius 3 is 2.68 bits per heavy atom. The third-order valence-corrected chi connectivity index (χ3v) is 4.78. The van der Waals surface area contributed by atoms with Gasteiger partial charge in [-0.2, -0.15) is 0 Å². The maximum atomic E-state index is 11.9. The molecule has 4 nitrogen and oxygen atoms in total. The number of carbonyl (C=O) groups is 1. The number of carbonyl (C=O) groups excluding carboxylic acids is 1. The Balaban J connectivity index is 1.68. The molecule has 0 aromatic heterocycles. The molecule has 0 aromatic carbocycles. The lowest BCUT2D eigenvalue weighted by Crippen LogP contribution is -2.40. The van der Waals surface area contributed by atoms with E-state index < -0.39 is 0 Å². The topological polar surface area (TPSA) is 52.6 Å². The molecule has 1 saturated carbocycles. The first kappa shape index (κ1) is 14.8. The summed E-state index contributed by atoms with van der Waals surface area (Å²) in [5, 5.41) is 12.5. The first-order chi connectivity index (χ1) is 9.20. The predicted octanol–water partition coefficient (Wildman–Crippen LogP) is 1.53. The molecule has 19 heavy (non-hydrogen) atoms. The van der Waals surface area contributed by atoms with Gasteiger partial charge in [-0.25, -0.2) is 0 Å². The molecule has 4 heteroatoms. The number of hydrogen-bond acceptors (Lipinski definition) is 3. The first-order valence-corrected chi connectivity index (χ1v) is 7.85. The van der Waals surface area contributed by atoms with E-state index in [1.807, 2.05) is 0 Å². The van der Waals surface area contributed by atoms with Gasteiger partial charge in [0, 0.05) is 25.0 Å². The molecule has 0 spiro atoms. The molecule has 2 N–H and O–H groups in total. The lowest BCUT2D eigenvalue weighted by molar-refractivity contribution is -0.122. The minimum absolute atomic E-state index is 0.183. The summed E-state index contributed by atoms with van der Waals surface area (Å²) >= 11 is 0. The molecule has 1 amide bonds. The Morgan fingerprint density at radius 1 is 1.26 bits per heavy atom. The van der Waals surface area contributed by atoms with E-state index in [2.05, 4.69) is 17.1 Å². The quantitative estimate of drug-likeness (QED) is 0.795. The number of rotatable bonds is 5. The summed E-state index contributed by atoms with van der Waals surface area (Å²) in [6, 6.07) is 0.662. The summed E-state index contributed by atoms with van der Waals surface area (Å²) < 4.78 is 0. The zero-order valence-electron chi connectivity index (χ0n) is 12.1. The van der Waals surface area contributed by atoms with Gasteiger partial charge < -0.3 is 10.4 Å². The van der Waals surface area contributed by atoms with Gasteiger partial charge in [0.15, 0.2) is 0 Å². The number of hydrogen-bond donors (Lipinski definition) is 2. The van der Waals surface area contributed by atoms with E-state index in [1.54, 1.807) is 0 Å². The van der Waals surface area contributed by atoms with E-state index in [1.165, 1.54) is 19.3 Å². The van der Waals surface area contributed by atoms with Crippen molar-refractivity contribution in [3.8, 4) is 0 Å². The Kier molecular flexibility index (Phi) is 5.64. The van der Waals surface area contributed by atoms with Crippen LogP contribution in [0.4, 0.5) is 0 Å². The van der Waals surface area contributed by atoms with Crippen LogP contribution in [0.5, 0.6) is 0 Å². The molecule has 0 bridgehead atoms. The molecule has 2 rings (SSSR count). The molecule has 1 aliphatic carbocycles. The molecule has 1 heterocycles. The SMILES string of the molecule is CC1CCN(CCC(=O)NC2CCCCC2)C1CO. The van der Waals surface area contributed by atoms with Gasteiger partial charge >= 0.3 is 0 Å². The molecule has 1 aliphatic heterocycles. The van der Waals surface area contributed by atoms with Crippen LogP contribution in [0.25, 0.3) is 0 Å². The van der Waals surface area contributed by atoms with Crippen LogP contribution in [0.3, 0.4) is 0 Å². The number of aliphatic hydroxyl groups is 1. The van der Waals surface area contributed by atoms with Crippen molar-refractivity contribution in [2.75, 3.05) is 19.7 Å². The van der Waals surface area contributed by atoms with E-state index in [9.17, 15) is 9.90 Å². The van der Waals surface area contributed by atoms with Crippen molar-refractivity contribution in [2.24, 2.45) is 5.92 Å². The summed E-state index contributed by atoms with van der Waals surface area (Å²) in [6.07, 6.45) is 7.81. The standard InChI is InChI=1S/C15H28N2O2/c1-12-7-9-17(14(12)11-18)10-8-15(19)16-13-5-3-2-4-6-13/h12-14,18H,2-11H2,1H3,(H,16,19). The Bertz CT molecular complexity index is 290. The average molecular weight is 268 g/mol. The van der Waals surface area contributed by atoms with E-state index in [0.717, 1.165) is 32.4 Å². The van der Waals surface area contributed by atoms with Crippen LogP contribution >= 0.6 is 0 Å². The maximum Gasteiger partial charge on any atom is 0.221 e. The molecule has 1 saturated heterocycles. The molecule has 0 radical (unpaired) electrons. The number of aliphatic hydroxyl groups excluding tert-OH is 1. The lowest BCUT2D eigenvalue weighted by atomic mass is 9.95. The maximum absolute atomic E-state index is 11.9. The summed E-state index contributed by atoms with van der Waals surface area (Å²) in [4.78, 5) is 14.2. The van der Waals surface area contributed by atoms with Gasteiger partial charge in [0.2, 0.25) is 5.91 Å². The fraction of sp³-hybridized carbons (Fsp3) is 0.933. The van der Waals surface area contributed by atoms with E-state index in [4.69, 9.17) is 0 Å². The van der Waals surface area contributed by atoms with E-state index >= 15 is 0 Å². The number of likely N-dealkylation sites (tertiary alicyclic amines) is 1. The third-order valence-electron chi connectivity index (χ3n) is 4.78. The van der Waals surface area contributed by atoms with Gasteiger partial charge in [-0.3, -0.25) is 9.69 Å². The summed E-state index contributed by atoms with van der Waals surface area (Å²) in [6.45, 7) is 4.20. The largest absolute Gasteiger partial charge is 0.395 e. The minimum atomic E-state index is 0.183. The number of nitrogens with zero attached hydrogens (tertiary/aromatic N) is 1. The fourth-order valence-corrected chi connectivity index (χ4v) is 3.45. The monoisotopic (exact) mass is 268 g/mol. The molecule has 2 fully saturated rings. The summed E-state index contributed by atoms with van der Waals surface area (Å²) in [5.74, 6) is 0.731. The van der Waals surface area contributed by atoms with Gasteiger partial charge in [0.1, 0.15) is 0 Å². The van der Waals surface area contributed by atoms with Crippen LogP contribution in [-0.4, -0.2) is 47.7 Å². The highest BCUT2D eigenvalue weighted by Crippen LogP contribution is 2.23. The van der Waals surface area contributed by atoms with Gasteiger partial charge in [0.25, 0.3) is 0 Å². The van der Waals surface area contributed by atoms with E-state index in [0.29, 0.717) is 18.4 Å². The van der Waals surface area contributed by atoms with Crippen LogP contribution in [0.1, 0.15) is 51.9 Å². The second kappa shape index (κ2) is 7.25. The predicted molar refractivity (Wildman–Crippen MR) is 75.9 cm³/mol. The van der Waals surface area contributed by atoms with E-state index in [-0.39, 0.29) is 18.6 Å². The highest BCUT2D eigenvalue weighted by molar-refractivity contribution is 5.76. The van der Waals surface area contributed by atoms with Crippen LogP contribution in [0.15, 0.2) is 0 Å². The lowest BCUT2D eigenvalue weighted by Gasteiger charge is -2.26. The normalized spacial score (nSPS) is 29.6. The highest BCUT2D eigenvalue weighted by atomic mass is 16.3. The van der Waals surface area contributed by atoms with Gasteiger partial charge in [-0.1, -0.05) is 26.2 Å². The fourth-order valence-electron chi connectivity index (χ4n) is 3.45. The van der Waals surface area contributed by atoms with Gasteiger partial charge in [-0.05, 0) is 31.7 Å². The Labute approximate surface area is 116 Å². The molecular formula is C15H28N2O2. The molecule has 2 aliphatic rings. The average Bonchev–Trinajstić information content (AvgIpc) is 2.78. The summed E-state index contributed by atoms with van der Waals surface area (Å²) in [7, 11) is 0. The van der Waals surface area contributed by atoms with Crippen LogP contribution in [0, 0.1) is 5.92 Å². The van der Waals surface area contributed by atoms with Crippen molar-refractivity contribution in [2.45, 2.75) is 64.0 Å². The van der Waals surface area contributed by atoms with Crippen molar-refractivity contribution in [1.82, 2.24) is 10.2 Å². The smallest absolute Gasteiger partial charge is 0.221 e. The number of amides is 1. The zero-order chi connectivity index (χ0) is 13.7. The van der Waals surface area contributed by atoms with Crippen molar-refractivity contribution < 1.29 is 9.90 Å². The van der Waals surface area contributed by atoms with Crippen molar-refractivity contribution in [3.63, 3.8) is 0 Å². The van der Waals surface area contributed by atoms with Crippen molar-refractivity contribution in [3.05, 3.63) is 0 Å². The van der Waals surface area contributed by atoms with Crippen molar-refractivity contribution >= 4 is 5.91 Å². The Morgan fingerprint density at radius 2 is 2.00 bits per heavy atom. The third kappa shape index (κ3) is 4.18. The van der Waals surface area contributed by atoms with Crippen molar-refractivity contribution in [1.29, 1.82) is 0 Å². The summed E-state index contributed by atoms with van der Waals surface area (Å²) in [5.41, 5.74) is 0. The Hall–Kier alpha value is -0.610. The second-order valence-corrected chi connectivity index (χ2v) is 6.20. The molecule has 0 aromatic rings. The molecule has 2 unspecified atom stereocenters. The molecular weight excluding hydrogens is 240 g/mol. The zero-order valence-corrected chi connectivity index (χ0v) is 12.1.